The van der Waals surface area contributed by atoms with Crippen LogP contribution in [0.1, 0.15) is 10.4 Å². The van der Waals surface area contributed by atoms with Gasteiger partial charge in [-0.3, -0.25) is 4.90 Å². The van der Waals surface area contributed by atoms with Crippen molar-refractivity contribution >= 4 is 11.3 Å². The van der Waals surface area contributed by atoms with Crippen molar-refractivity contribution in [2.24, 2.45) is 0 Å². The van der Waals surface area contributed by atoms with E-state index in [-0.39, 0.29) is 13.2 Å². The van der Waals surface area contributed by atoms with Crippen LogP contribution in [0.3, 0.4) is 0 Å². The van der Waals surface area contributed by atoms with Crippen LogP contribution in [0.15, 0.2) is 11.4 Å². The van der Waals surface area contributed by atoms with Crippen LogP contribution in [0, 0.1) is 11.8 Å². The van der Waals surface area contributed by atoms with Crippen LogP contribution in [-0.2, 0) is 6.54 Å². The molecule has 0 aliphatic rings. The third-order valence-electron chi connectivity index (χ3n) is 1.84. The molecule has 0 saturated carbocycles. The summed E-state index contributed by atoms with van der Waals surface area (Å²) >= 11 is 1.48. The molecule has 1 N–H and O–H groups in total. The molecule has 0 radical (unpaired) electrons. The van der Waals surface area contributed by atoms with Crippen molar-refractivity contribution in [3.63, 3.8) is 0 Å². The number of rotatable bonds is 4. The van der Waals surface area contributed by atoms with Crippen molar-refractivity contribution in [1.82, 2.24) is 4.90 Å². The van der Waals surface area contributed by atoms with Crippen LogP contribution in [0.2, 0.25) is 0 Å². The largest absolute Gasteiger partial charge is 0.384 e. The van der Waals surface area contributed by atoms with Gasteiger partial charge in [-0.05, 0) is 13.1 Å². The second-order valence-corrected chi connectivity index (χ2v) is 4.35. The highest BCUT2D eigenvalue weighted by molar-refractivity contribution is 7.10. The molecule has 0 saturated heterocycles. The van der Waals surface area contributed by atoms with Crippen molar-refractivity contribution in [2.75, 3.05) is 20.2 Å². The predicted molar refractivity (Wildman–Crippen MR) is 60.6 cm³/mol. The smallest absolute Gasteiger partial charge is 0.251 e. The van der Waals surface area contributed by atoms with Gasteiger partial charge in [0.05, 0.1) is 6.54 Å². The summed E-state index contributed by atoms with van der Waals surface area (Å²) in [5.74, 6) is 5.31. The maximum atomic E-state index is 12.1. The first-order valence-electron chi connectivity index (χ1n) is 4.75. The molecule has 0 fully saturated rings. The van der Waals surface area contributed by atoms with E-state index < -0.39 is 6.43 Å². The van der Waals surface area contributed by atoms with Crippen LogP contribution in [0.4, 0.5) is 8.78 Å². The molecule has 2 nitrogen and oxygen atoms in total. The van der Waals surface area contributed by atoms with Crippen LogP contribution in [0.5, 0.6) is 0 Å². The first-order valence-corrected chi connectivity index (χ1v) is 5.63. The molecule has 0 aromatic carbocycles. The third-order valence-corrected chi connectivity index (χ3v) is 2.76. The van der Waals surface area contributed by atoms with E-state index in [2.05, 4.69) is 11.8 Å². The molecule has 0 spiro atoms. The van der Waals surface area contributed by atoms with Crippen LogP contribution < -0.4 is 0 Å². The lowest BCUT2D eigenvalue weighted by atomic mass is 10.3. The molecule has 0 aliphatic carbocycles. The van der Waals surface area contributed by atoms with Gasteiger partial charge in [0.25, 0.3) is 6.43 Å². The molecule has 1 aromatic heterocycles. The first kappa shape index (κ1) is 13.1. The zero-order valence-electron chi connectivity index (χ0n) is 8.91. The van der Waals surface area contributed by atoms with Crippen molar-refractivity contribution in [2.45, 2.75) is 13.0 Å². The Morgan fingerprint density at radius 3 is 2.94 bits per heavy atom. The molecule has 88 valence electrons. The van der Waals surface area contributed by atoms with E-state index in [1.165, 1.54) is 11.3 Å². The maximum absolute atomic E-state index is 12.1. The molecule has 1 aromatic rings. The Morgan fingerprint density at radius 1 is 1.56 bits per heavy atom. The van der Waals surface area contributed by atoms with Crippen molar-refractivity contribution < 1.29 is 13.9 Å². The molecular formula is C11H13F2NOS. The fourth-order valence-electron chi connectivity index (χ4n) is 1.24. The number of aliphatic hydroxyl groups excluding tert-OH is 1. The highest BCUT2D eigenvalue weighted by Gasteiger charge is 2.08. The summed E-state index contributed by atoms with van der Waals surface area (Å²) in [5, 5.41) is 10.4. The van der Waals surface area contributed by atoms with Gasteiger partial charge in [0.15, 0.2) is 0 Å². The average Bonchev–Trinajstić information content (AvgIpc) is 2.61. The number of hydrogen-bond acceptors (Lipinski definition) is 3. The van der Waals surface area contributed by atoms with E-state index in [1.807, 2.05) is 11.4 Å². The molecule has 0 amide bonds. The highest BCUT2D eigenvalue weighted by Crippen LogP contribution is 2.15. The molecule has 5 heteroatoms. The predicted octanol–water partition coefficient (Wildman–Crippen LogP) is 1.79. The lowest BCUT2D eigenvalue weighted by Crippen LogP contribution is -2.23. The number of alkyl halides is 2. The summed E-state index contributed by atoms with van der Waals surface area (Å²) in [4.78, 5) is 2.56. The van der Waals surface area contributed by atoms with Gasteiger partial charge in [-0.25, -0.2) is 8.78 Å². The van der Waals surface area contributed by atoms with E-state index in [0.717, 1.165) is 10.4 Å². The van der Waals surface area contributed by atoms with Crippen LogP contribution in [0.25, 0.3) is 0 Å². The van der Waals surface area contributed by atoms with Crippen LogP contribution >= 0.6 is 11.3 Å². The minimum absolute atomic E-state index is 0.170. The van der Waals surface area contributed by atoms with Crippen molar-refractivity contribution in [1.29, 1.82) is 0 Å². The van der Waals surface area contributed by atoms with Gasteiger partial charge in [-0.15, -0.1) is 11.3 Å². The Morgan fingerprint density at radius 2 is 2.31 bits per heavy atom. The monoisotopic (exact) mass is 245 g/mol. The van der Waals surface area contributed by atoms with Gasteiger partial charge in [-0.1, -0.05) is 11.8 Å². The fraction of sp³-hybridized carbons (Fsp3) is 0.455. The van der Waals surface area contributed by atoms with Gasteiger partial charge in [0.2, 0.25) is 0 Å². The van der Waals surface area contributed by atoms with E-state index >= 15 is 0 Å². The summed E-state index contributed by atoms with van der Waals surface area (Å²) in [6.07, 6.45) is -2.31. The van der Waals surface area contributed by atoms with Gasteiger partial charge < -0.3 is 5.11 Å². The van der Waals surface area contributed by atoms with Crippen molar-refractivity contribution in [3.05, 3.63) is 21.9 Å². The first-order chi connectivity index (χ1) is 7.61. The number of halogens is 2. The quantitative estimate of drug-likeness (QED) is 0.817. The van der Waals surface area contributed by atoms with Crippen molar-refractivity contribution in [3.8, 4) is 11.8 Å². The fourth-order valence-corrected chi connectivity index (χ4v) is 2.13. The summed E-state index contributed by atoms with van der Waals surface area (Å²) < 4.78 is 24.1. The minimum Gasteiger partial charge on any atom is -0.384 e. The Bertz CT molecular complexity index is 381. The summed E-state index contributed by atoms with van der Waals surface area (Å²) in [6.45, 7) is 0.0990. The van der Waals surface area contributed by atoms with Gasteiger partial charge in [-0.2, -0.15) is 0 Å². The zero-order valence-corrected chi connectivity index (χ0v) is 9.73. The minimum atomic E-state index is -2.31. The summed E-state index contributed by atoms with van der Waals surface area (Å²) in [6, 6.07) is 1.86. The molecule has 0 aliphatic heterocycles. The summed E-state index contributed by atoms with van der Waals surface area (Å²) in [5.41, 5.74) is 0.819. The van der Waals surface area contributed by atoms with E-state index in [9.17, 15) is 8.78 Å². The normalized spacial score (nSPS) is 10.6. The molecule has 1 heterocycles. The Labute approximate surface area is 97.5 Å². The maximum Gasteiger partial charge on any atom is 0.251 e. The second kappa shape index (κ2) is 6.59. The molecule has 1 rings (SSSR count). The lowest BCUT2D eigenvalue weighted by Gasteiger charge is -2.14. The number of hydrogen-bond donors (Lipinski definition) is 1. The Kier molecular flexibility index (Phi) is 5.39. The number of thiophene rings is 1. The van der Waals surface area contributed by atoms with Gasteiger partial charge in [0.1, 0.15) is 6.61 Å². The highest BCUT2D eigenvalue weighted by atomic mass is 32.1. The third kappa shape index (κ3) is 4.71. The standard InChI is InChI=1S/C11H13F2NOS/c1-14(7-11(12)13)6-10-5-9(8-16-10)3-2-4-15/h5,8,11,15H,4,6-7H2,1H3. The van der Waals surface area contributed by atoms with E-state index in [1.54, 1.807) is 11.9 Å². The Hall–Kier alpha value is -0.960. The molecule has 0 bridgehead atoms. The van der Waals surface area contributed by atoms with Gasteiger partial charge >= 0.3 is 0 Å². The SMILES string of the molecule is CN(Cc1cc(C#CCO)cs1)CC(F)F. The second-order valence-electron chi connectivity index (χ2n) is 3.35. The van der Waals surface area contributed by atoms with Gasteiger partial charge in [0, 0.05) is 22.4 Å². The van der Waals surface area contributed by atoms with Crippen LogP contribution in [-0.4, -0.2) is 36.6 Å². The topological polar surface area (TPSA) is 23.5 Å². The molecule has 16 heavy (non-hydrogen) atoms. The molecule has 0 unspecified atom stereocenters. The number of nitrogens with zero attached hydrogens (tertiary/aromatic N) is 1. The lowest BCUT2D eigenvalue weighted by molar-refractivity contribution is 0.0979. The zero-order chi connectivity index (χ0) is 12.0. The van der Waals surface area contributed by atoms with E-state index in [0.29, 0.717) is 6.54 Å². The summed E-state index contributed by atoms with van der Waals surface area (Å²) in [7, 11) is 1.66. The van der Waals surface area contributed by atoms with E-state index in [4.69, 9.17) is 5.11 Å². The Balaban J connectivity index is 2.51. The number of aliphatic hydroxyl groups is 1. The molecule has 0 atom stereocenters. The molecular weight excluding hydrogens is 232 g/mol. The average molecular weight is 245 g/mol.